The van der Waals surface area contributed by atoms with E-state index in [1.54, 1.807) is 17.9 Å². The van der Waals surface area contributed by atoms with Crippen molar-refractivity contribution in [3.63, 3.8) is 0 Å². The Labute approximate surface area is 196 Å². The first-order chi connectivity index (χ1) is 16.0. The second-order valence-electron chi connectivity index (χ2n) is 8.91. The Morgan fingerprint density at radius 2 is 1.85 bits per heavy atom. The molecule has 0 unspecified atom stereocenters. The summed E-state index contributed by atoms with van der Waals surface area (Å²) in [6, 6.07) is 6.68. The van der Waals surface area contributed by atoms with Gasteiger partial charge in [0.1, 0.15) is 11.8 Å². The summed E-state index contributed by atoms with van der Waals surface area (Å²) in [6.45, 7) is 6.88. The molecule has 2 fully saturated rings. The molecule has 1 spiro atoms. The summed E-state index contributed by atoms with van der Waals surface area (Å²) < 4.78 is 11.3. The number of amides is 3. The van der Waals surface area contributed by atoms with E-state index < -0.39 is 11.5 Å². The summed E-state index contributed by atoms with van der Waals surface area (Å²) in [6.07, 6.45) is 4.37. The van der Waals surface area contributed by atoms with Crippen molar-refractivity contribution in [2.45, 2.75) is 58.4 Å². The lowest BCUT2D eigenvalue weighted by atomic mass is 9.73. The van der Waals surface area contributed by atoms with Gasteiger partial charge in [-0.15, -0.1) is 0 Å². The van der Waals surface area contributed by atoms with Crippen LogP contribution in [0.15, 0.2) is 24.3 Å². The van der Waals surface area contributed by atoms with E-state index in [2.05, 4.69) is 10.6 Å². The molecule has 2 N–H and O–H groups in total. The van der Waals surface area contributed by atoms with Crippen LogP contribution in [-0.4, -0.2) is 68.1 Å². The van der Waals surface area contributed by atoms with Gasteiger partial charge in [-0.2, -0.15) is 0 Å². The van der Waals surface area contributed by atoms with Crippen LogP contribution in [0.1, 0.15) is 62.7 Å². The molecule has 2 saturated heterocycles. The number of para-hydroxylation sites is 1. The lowest BCUT2D eigenvalue weighted by Gasteiger charge is -2.41. The molecule has 2 aliphatic rings. The predicted molar refractivity (Wildman–Crippen MR) is 125 cm³/mol. The van der Waals surface area contributed by atoms with E-state index in [1.165, 1.54) is 0 Å². The number of ether oxygens (including phenoxy) is 2. The van der Waals surface area contributed by atoms with Crippen LogP contribution in [0.4, 0.5) is 0 Å². The van der Waals surface area contributed by atoms with Gasteiger partial charge in [0, 0.05) is 32.8 Å². The van der Waals surface area contributed by atoms with E-state index in [1.807, 2.05) is 25.1 Å². The molecule has 0 aromatic heterocycles. The molecule has 1 aromatic carbocycles. The molecule has 1 aromatic rings. The second kappa shape index (κ2) is 12.0. The van der Waals surface area contributed by atoms with Gasteiger partial charge in [0.05, 0.1) is 17.6 Å². The number of hydrogen-bond donors (Lipinski definition) is 2. The zero-order valence-corrected chi connectivity index (χ0v) is 19.9. The van der Waals surface area contributed by atoms with Crippen molar-refractivity contribution < 1.29 is 23.9 Å². The van der Waals surface area contributed by atoms with Crippen molar-refractivity contribution in [2.75, 3.05) is 39.5 Å². The van der Waals surface area contributed by atoms with Gasteiger partial charge in [-0.05, 0) is 58.1 Å². The summed E-state index contributed by atoms with van der Waals surface area (Å²) in [7, 11) is 0. The normalized spacial score (nSPS) is 22.7. The highest BCUT2D eigenvalue weighted by atomic mass is 16.5. The van der Waals surface area contributed by atoms with E-state index in [-0.39, 0.29) is 17.7 Å². The van der Waals surface area contributed by atoms with Gasteiger partial charge in [0.15, 0.2) is 0 Å². The first-order valence-electron chi connectivity index (χ1n) is 12.1. The molecule has 0 bridgehead atoms. The van der Waals surface area contributed by atoms with Gasteiger partial charge >= 0.3 is 0 Å². The highest BCUT2D eigenvalue weighted by Crippen LogP contribution is 2.38. The maximum atomic E-state index is 13.4. The van der Waals surface area contributed by atoms with Gasteiger partial charge in [-0.1, -0.05) is 18.6 Å². The van der Waals surface area contributed by atoms with E-state index in [0.717, 1.165) is 19.3 Å². The Balaban J connectivity index is 1.70. The standard InChI is InChI=1S/C25H37N3O5/c1-3-33-21-10-5-4-9-20(21)23(30)28-15-12-25(13-16-28)11-6-7-17-32-18-8-14-26-22(29)19(2)27-24(25)31/h4-5,9-10,19H,3,6-8,11-18H2,1-2H3,(H,26,29)(H,27,31)/t19-/m0/s1. The molecular weight excluding hydrogens is 422 g/mol. The number of nitrogens with zero attached hydrogens (tertiary/aromatic N) is 1. The van der Waals surface area contributed by atoms with E-state index in [4.69, 9.17) is 9.47 Å². The van der Waals surface area contributed by atoms with Crippen molar-refractivity contribution >= 4 is 17.7 Å². The number of carbonyl (C=O) groups is 3. The maximum absolute atomic E-state index is 13.4. The van der Waals surface area contributed by atoms with E-state index >= 15 is 0 Å². The summed E-state index contributed by atoms with van der Waals surface area (Å²) in [5.41, 5.74) is -0.0392. The number of carbonyl (C=O) groups excluding carboxylic acids is 3. The lowest BCUT2D eigenvalue weighted by molar-refractivity contribution is -0.137. The number of piperidine rings is 1. The fraction of sp³-hybridized carbons (Fsp3) is 0.640. The van der Waals surface area contributed by atoms with Gasteiger partial charge in [-0.25, -0.2) is 0 Å². The molecule has 8 nitrogen and oxygen atoms in total. The number of hydrogen-bond acceptors (Lipinski definition) is 5. The molecule has 3 amide bonds. The van der Waals surface area contributed by atoms with Crippen molar-refractivity contribution in [2.24, 2.45) is 5.41 Å². The van der Waals surface area contributed by atoms with Gasteiger partial charge in [0.25, 0.3) is 5.91 Å². The predicted octanol–water partition coefficient (Wildman–Crippen LogP) is 2.52. The first kappa shape index (κ1) is 25.0. The first-order valence-corrected chi connectivity index (χ1v) is 12.1. The topological polar surface area (TPSA) is 97.0 Å². The van der Waals surface area contributed by atoms with Crippen LogP contribution in [-0.2, 0) is 14.3 Å². The third-order valence-electron chi connectivity index (χ3n) is 6.61. The van der Waals surface area contributed by atoms with Crippen LogP contribution >= 0.6 is 0 Å². The summed E-state index contributed by atoms with van der Waals surface area (Å²) >= 11 is 0. The van der Waals surface area contributed by atoms with Crippen molar-refractivity contribution in [3.8, 4) is 5.75 Å². The molecule has 182 valence electrons. The molecular formula is C25H37N3O5. The Bertz CT molecular complexity index is 820. The fourth-order valence-corrected chi connectivity index (χ4v) is 4.55. The van der Waals surface area contributed by atoms with Crippen LogP contribution in [0.25, 0.3) is 0 Å². The van der Waals surface area contributed by atoms with Crippen molar-refractivity contribution in [1.29, 1.82) is 0 Å². The third kappa shape index (κ3) is 6.47. The smallest absolute Gasteiger partial charge is 0.257 e. The van der Waals surface area contributed by atoms with Crippen LogP contribution in [0.2, 0.25) is 0 Å². The molecule has 1 atom stereocenters. The zero-order chi connectivity index (χ0) is 23.7. The van der Waals surface area contributed by atoms with E-state index in [9.17, 15) is 14.4 Å². The lowest BCUT2D eigenvalue weighted by Crippen LogP contribution is -2.54. The Morgan fingerprint density at radius 1 is 1.12 bits per heavy atom. The van der Waals surface area contributed by atoms with E-state index in [0.29, 0.717) is 70.0 Å². The summed E-state index contributed by atoms with van der Waals surface area (Å²) in [4.78, 5) is 40.7. The molecule has 0 radical (unpaired) electrons. The second-order valence-corrected chi connectivity index (χ2v) is 8.91. The zero-order valence-electron chi connectivity index (χ0n) is 19.9. The van der Waals surface area contributed by atoms with Gasteiger partial charge in [0.2, 0.25) is 11.8 Å². The number of benzene rings is 1. The van der Waals surface area contributed by atoms with Crippen LogP contribution in [0.3, 0.4) is 0 Å². The average Bonchev–Trinajstić information content (AvgIpc) is 2.82. The minimum absolute atomic E-state index is 0.0728. The minimum atomic E-state index is -0.601. The minimum Gasteiger partial charge on any atom is -0.493 e. The monoisotopic (exact) mass is 459 g/mol. The van der Waals surface area contributed by atoms with Crippen LogP contribution in [0, 0.1) is 5.41 Å². The summed E-state index contributed by atoms with van der Waals surface area (Å²) in [5, 5.41) is 5.80. The molecule has 33 heavy (non-hydrogen) atoms. The Kier molecular flexibility index (Phi) is 9.11. The highest BCUT2D eigenvalue weighted by Gasteiger charge is 2.42. The molecule has 0 saturated carbocycles. The number of likely N-dealkylation sites (tertiary alicyclic amines) is 1. The molecule has 0 aliphatic carbocycles. The van der Waals surface area contributed by atoms with Gasteiger partial charge < -0.3 is 25.0 Å². The fourth-order valence-electron chi connectivity index (χ4n) is 4.55. The number of rotatable bonds is 3. The van der Waals surface area contributed by atoms with Crippen LogP contribution < -0.4 is 15.4 Å². The molecule has 8 heteroatoms. The largest absolute Gasteiger partial charge is 0.493 e. The summed E-state index contributed by atoms with van der Waals surface area (Å²) in [5.74, 6) is 0.234. The molecule has 3 rings (SSSR count). The van der Waals surface area contributed by atoms with Crippen LogP contribution in [0.5, 0.6) is 5.75 Å². The SMILES string of the molecule is CCOc1ccccc1C(=O)N1CCC2(CCCCOCCCNC(=O)[C@H](C)NC2=O)CC1. The number of nitrogens with one attached hydrogen (secondary N) is 2. The quantitative estimate of drug-likeness (QED) is 0.724. The Hall–Kier alpha value is -2.61. The molecule has 2 heterocycles. The Morgan fingerprint density at radius 3 is 2.61 bits per heavy atom. The van der Waals surface area contributed by atoms with Crippen molar-refractivity contribution in [1.82, 2.24) is 15.5 Å². The molecule has 2 aliphatic heterocycles. The van der Waals surface area contributed by atoms with Gasteiger partial charge in [-0.3, -0.25) is 14.4 Å². The maximum Gasteiger partial charge on any atom is 0.257 e. The van der Waals surface area contributed by atoms with Crippen molar-refractivity contribution in [3.05, 3.63) is 29.8 Å². The third-order valence-corrected chi connectivity index (χ3v) is 6.61. The average molecular weight is 460 g/mol. The highest BCUT2D eigenvalue weighted by molar-refractivity contribution is 5.97.